The first-order valence-corrected chi connectivity index (χ1v) is 8.71. The number of thioether (sulfide) groups is 1. The van der Waals surface area contributed by atoms with Crippen LogP contribution in [0.25, 0.3) is 0 Å². The minimum absolute atomic E-state index is 0.0214. The lowest BCUT2D eigenvalue weighted by Crippen LogP contribution is -2.16. The molecule has 8 heteroatoms. The van der Waals surface area contributed by atoms with Crippen LogP contribution in [0.5, 0.6) is 11.5 Å². The molecular formula is C17H13ClF2O4S. The molecule has 0 fully saturated rings. The Hall–Kier alpha value is -1.99. The molecular weight excluding hydrogens is 374 g/mol. The maximum absolute atomic E-state index is 13.1. The second-order valence-corrected chi connectivity index (χ2v) is 6.58. The molecule has 0 spiro atoms. The van der Waals surface area contributed by atoms with E-state index in [0.717, 1.165) is 23.9 Å². The summed E-state index contributed by atoms with van der Waals surface area (Å²) in [6.07, 6.45) is 0. The molecule has 4 nitrogen and oxygen atoms in total. The van der Waals surface area contributed by atoms with Crippen LogP contribution in [0, 0.1) is 11.6 Å². The van der Waals surface area contributed by atoms with Gasteiger partial charge in [0, 0.05) is 4.90 Å². The standard InChI is InChI=1S/C17H13ClF2O4S/c18-12-5-10(6-15-17(12)23-4-3-22-15)8-24-16(21)9-25-11-1-2-13(19)14(20)7-11/h1-2,5-7H,3-4,8-9H2. The van der Waals surface area contributed by atoms with E-state index >= 15 is 0 Å². The molecule has 0 radical (unpaired) electrons. The first kappa shape index (κ1) is 17.8. The zero-order chi connectivity index (χ0) is 17.8. The zero-order valence-corrected chi connectivity index (χ0v) is 14.5. The Morgan fingerprint density at radius 2 is 1.96 bits per heavy atom. The molecule has 0 unspecified atom stereocenters. The SMILES string of the molecule is O=C(CSc1ccc(F)c(F)c1)OCc1cc(Cl)c2c(c1)OCCO2. The lowest BCUT2D eigenvalue weighted by molar-refractivity contribution is -0.141. The second kappa shape index (κ2) is 7.93. The fourth-order valence-electron chi connectivity index (χ4n) is 2.16. The number of hydrogen-bond acceptors (Lipinski definition) is 5. The van der Waals surface area contributed by atoms with Gasteiger partial charge in [0.05, 0.1) is 10.8 Å². The maximum Gasteiger partial charge on any atom is 0.316 e. The van der Waals surface area contributed by atoms with Crippen LogP contribution in [0.1, 0.15) is 5.56 Å². The molecule has 2 aromatic rings. The van der Waals surface area contributed by atoms with Crippen LogP contribution < -0.4 is 9.47 Å². The summed E-state index contributed by atoms with van der Waals surface area (Å²) in [6.45, 7) is 0.882. The monoisotopic (exact) mass is 386 g/mol. The number of rotatable bonds is 5. The smallest absolute Gasteiger partial charge is 0.316 e. The third-order valence-corrected chi connectivity index (χ3v) is 4.55. The van der Waals surface area contributed by atoms with E-state index in [4.69, 9.17) is 25.8 Å². The zero-order valence-electron chi connectivity index (χ0n) is 12.9. The number of halogens is 3. The van der Waals surface area contributed by atoms with Crippen LogP contribution >= 0.6 is 23.4 Å². The molecule has 0 saturated heterocycles. The molecule has 0 bridgehead atoms. The molecule has 0 aliphatic carbocycles. The van der Waals surface area contributed by atoms with Gasteiger partial charge in [-0.05, 0) is 35.9 Å². The molecule has 1 aliphatic heterocycles. The topological polar surface area (TPSA) is 44.8 Å². The Bertz CT molecular complexity index is 800. The van der Waals surface area contributed by atoms with Crippen LogP contribution in [0.3, 0.4) is 0 Å². The minimum Gasteiger partial charge on any atom is -0.486 e. The highest BCUT2D eigenvalue weighted by molar-refractivity contribution is 8.00. The molecule has 3 rings (SSSR count). The maximum atomic E-state index is 13.1. The molecule has 2 aromatic carbocycles. The number of carbonyl (C=O) groups excluding carboxylic acids is 1. The number of benzene rings is 2. The lowest BCUT2D eigenvalue weighted by atomic mass is 10.2. The fraction of sp³-hybridized carbons (Fsp3) is 0.235. The third kappa shape index (κ3) is 4.55. The molecule has 0 saturated carbocycles. The van der Waals surface area contributed by atoms with E-state index in [-0.39, 0.29) is 12.4 Å². The Kier molecular flexibility index (Phi) is 5.65. The molecule has 0 amide bonds. The quantitative estimate of drug-likeness (QED) is 0.568. The Morgan fingerprint density at radius 3 is 2.76 bits per heavy atom. The van der Waals surface area contributed by atoms with E-state index in [1.165, 1.54) is 6.07 Å². The van der Waals surface area contributed by atoms with Gasteiger partial charge in [0.1, 0.15) is 19.8 Å². The Balaban J connectivity index is 1.53. The van der Waals surface area contributed by atoms with E-state index in [9.17, 15) is 13.6 Å². The number of esters is 1. The highest BCUT2D eigenvalue weighted by atomic mass is 35.5. The second-order valence-electron chi connectivity index (χ2n) is 5.13. The summed E-state index contributed by atoms with van der Waals surface area (Å²) >= 11 is 7.18. The van der Waals surface area contributed by atoms with Gasteiger partial charge >= 0.3 is 5.97 Å². The Labute approximate surface area is 152 Å². The first-order valence-electron chi connectivity index (χ1n) is 7.34. The van der Waals surface area contributed by atoms with Crippen LogP contribution in [0.4, 0.5) is 8.78 Å². The predicted molar refractivity (Wildman–Crippen MR) is 89.3 cm³/mol. The Morgan fingerprint density at radius 1 is 1.16 bits per heavy atom. The van der Waals surface area contributed by atoms with Gasteiger partial charge in [0.25, 0.3) is 0 Å². The van der Waals surface area contributed by atoms with Gasteiger partial charge in [0.2, 0.25) is 0 Å². The summed E-state index contributed by atoms with van der Waals surface area (Å²) < 4.78 is 42.0. The number of hydrogen-bond donors (Lipinski definition) is 0. The van der Waals surface area contributed by atoms with E-state index in [0.29, 0.717) is 40.2 Å². The van der Waals surface area contributed by atoms with Crippen molar-refractivity contribution in [3.63, 3.8) is 0 Å². The van der Waals surface area contributed by atoms with Crippen LogP contribution in [0.15, 0.2) is 35.2 Å². The van der Waals surface area contributed by atoms with Crippen molar-refractivity contribution in [1.82, 2.24) is 0 Å². The average Bonchev–Trinajstić information content (AvgIpc) is 2.61. The summed E-state index contributed by atoms with van der Waals surface area (Å²) in [7, 11) is 0. The molecule has 1 heterocycles. The van der Waals surface area contributed by atoms with Crippen molar-refractivity contribution in [3.8, 4) is 11.5 Å². The van der Waals surface area contributed by atoms with Crippen LogP contribution in [0.2, 0.25) is 5.02 Å². The van der Waals surface area contributed by atoms with Crippen LogP contribution in [-0.4, -0.2) is 24.9 Å². The molecule has 0 N–H and O–H groups in total. The molecule has 1 aliphatic rings. The number of fused-ring (bicyclic) bond motifs is 1. The van der Waals surface area contributed by atoms with Crippen molar-refractivity contribution in [2.24, 2.45) is 0 Å². The van der Waals surface area contributed by atoms with Crippen molar-refractivity contribution in [2.45, 2.75) is 11.5 Å². The van der Waals surface area contributed by atoms with Gasteiger partial charge < -0.3 is 14.2 Å². The van der Waals surface area contributed by atoms with Crippen LogP contribution in [-0.2, 0) is 16.1 Å². The lowest BCUT2D eigenvalue weighted by Gasteiger charge is -2.20. The first-order chi connectivity index (χ1) is 12.0. The van der Waals surface area contributed by atoms with Crippen molar-refractivity contribution in [3.05, 3.63) is 52.6 Å². The van der Waals surface area contributed by atoms with E-state index < -0.39 is 17.6 Å². The number of carbonyl (C=O) groups is 1. The van der Waals surface area contributed by atoms with Crippen molar-refractivity contribution >= 4 is 29.3 Å². The van der Waals surface area contributed by atoms with Gasteiger partial charge in [-0.3, -0.25) is 4.79 Å². The molecule has 0 atom stereocenters. The van der Waals surface area contributed by atoms with E-state index in [2.05, 4.69) is 0 Å². The van der Waals surface area contributed by atoms with Gasteiger partial charge in [-0.1, -0.05) is 11.6 Å². The summed E-state index contributed by atoms with van der Waals surface area (Å²) in [5.74, 6) is -1.39. The average molecular weight is 387 g/mol. The van der Waals surface area contributed by atoms with Gasteiger partial charge in [-0.15, -0.1) is 11.8 Å². The highest BCUT2D eigenvalue weighted by Gasteiger charge is 2.17. The third-order valence-electron chi connectivity index (χ3n) is 3.30. The van der Waals surface area contributed by atoms with E-state index in [1.54, 1.807) is 12.1 Å². The summed E-state index contributed by atoms with van der Waals surface area (Å²) in [4.78, 5) is 12.3. The summed E-state index contributed by atoms with van der Waals surface area (Å²) in [5, 5.41) is 0.388. The van der Waals surface area contributed by atoms with Gasteiger partial charge in [0.15, 0.2) is 23.1 Å². The van der Waals surface area contributed by atoms with Gasteiger partial charge in [-0.25, -0.2) is 8.78 Å². The molecule has 25 heavy (non-hydrogen) atoms. The molecule has 132 valence electrons. The largest absolute Gasteiger partial charge is 0.486 e. The van der Waals surface area contributed by atoms with Crippen molar-refractivity contribution in [1.29, 1.82) is 0 Å². The highest BCUT2D eigenvalue weighted by Crippen LogP contribution is 2.38. The minimum atomic E-state index is -0.954. The summed E-state index contributed by atoms with van der Waals surface area (Å²) in [5.41, 5.74) is 0.667. The fourth-order valence-corrected chi connectivity index (χ4v) is 3.17. The normalized spacial score (nSPS) is 12.8. The van der Waals surface area contributed by atoms with E-state index in [1.807, 2.05) is 0 Å². The van der Waals surface area contributed by atoms with Gasteiger partial charge in [-0.2, -0.15) is 0 Å². The number of ether oxygens (including phenoxy) is 3. The predicted octanol–water partition coefficient (Wildman–Crippen LogP) is 4.22. The summed E-state index contributed by atoms with van der Waals surface area (Å²) in [6, 6.07) is 6.80. The van der Waals surface area contributed by atoms with Crippen molar-refractivity contribution in [2.75, 3.05) is 19.0 Å². The molecule has 0 aromatic heterocycles. The van der Waals surface area contributed by atoms with Crippen molar-refractivity contribution < 1.29 is 27.8 Å².